The minimum Gasteiger partial charge on any atom is -0.399 e. The molecule has 106 valence electrons. The molecule has 3 N–H and O–H groups in total. The van der Waals surface area contributed by atoms with Crippen LogP contribution in [0.2, 0.25) is 10.0 Å². The number of nitrogen functional groups attached to an aromatic ring is 1. The molecule has 0 radical (unpaired) electrons. The molecule has 1 heterocycles. The summed E-state index contributed by atoms with van der Waals surface area (Å²) in [6.45, 7) is 3.71. The molecule has 0 amide bonds. The van der Waals surface area contributed by atoms with Gasteiger partial charge in [0.1, 0.15) is 5.02 Å². The van der Waals surface area contributed by atoms with Crippen LogP contribution in [0.15, 0.2) is 29.2 Å². The van der Waals surface area contributed by atoms with Gasteiger partial charge in [-0.05, 0) is 32.0 Å². The van der Waals surface area contributed by atoms with Gasteiger partial charge >= 0.3 is 0 Å². The minimum absolute atomic E-state index is 0.0622. The molecule has 0 saturated heterocycles. The molecule has 1 aromatic heterocycles. The molecule has 0 aliphatic heterocycles. The van der Waals surface area contributed by atoms with Crippen LogP contribution in [0.25, 0.3) is 0 Å². The molecule has 2 rings (SSSR count). The molecule has 0 aliphatic rings. The molecule has 7 heteroatoms. The smallest absolute Gasteiger partial charge is 0.287 e. The summed E-state index contributed by atoms with van der Waals surface area (Å²) < 4.78 is 1.31. The van der Waals surface area contributed by atoms with Gasteiger partial charge in [-0.3, -0.25) is 4.79 Å². The van der Waals surface area contributed by atoms with Gasteiger partial charge in [-0.25, -0.2) is 4.68 Å². The lowest BCUT2D eigenvalue weighted by Crippen LogP contribution is -2.25. The maximum absolute atomic E-state index is 12.0. The van der Waals surface area contributed by atoms with Gasteiger partial charge in [-0.2, -0.15) is 5.10 Å². The average Bonchev–Trinajstić information content (AvgIpc) is 2.39. The lowest BCUT2D eigenvalue weighted by molar-refractivity contribution is 0.503. The Labute approximate surface area is 126 Å². The number of anilines is 3. The molecule has 20 heavy (non-hydrogen) atoms. The molecule has 0 saturated carbocycles. The van der Waals surface area contributed by atoms with Crippen molar-refractivity contribution in [1.82, 2.24) is 9.78 Å². The van der Waals surface area contributed by atoms with Crippen molar-refractivity contribution in [3.63, 3.8) is 0 Å². The van der Waals surface area contributed by atoms with Crippen molar-refractivity contribution in [2.75, 3.05) is 11.1 Å². The first kappa shape index (κ1) is 14.7. The summed E-state index contributed by atoms with van der Waals surface area (Å²) in [7, 11) is 0. The van der Waals surface area contributed by atoms with Crippen molar-refractivity contribution >= 4 is 40.3 Å². The second kappa shape index (κ2) is 5.73. The predicted molar refractivity (Wildman–Crippen MR) is 83.0 cm³/mol. The van der Waals surface area contributed by atoms with Crippen molar-refractivity contribution in [1.29, 1.82) is 0 Å². The highest BCUT2D eigenvalue weighted by atomic mass is 35.5. The van der Waals surface area contributed by atoms with Gasteiger partial charge in [0.25, 0.3) is 5.56 Å². The summed E-state index contributed by atoms with van der Waals surface area (Å²) in [6.07, 6.45) is 1.49. The Hall–Kier alpha value is -1.72. The van der Waals surface area contributed by atoms with E-state index in [-0.39, 0.29) is 16.6 Å². The summed E-state index contributed by atoms with van der Waals surface area (Å²) in [5, 5.41) is 7.58. The molecule has 5 nitrogen and oxygen atoms in total. The first-order valence-electron chi connectivity index (χ1n) is 5.99. The minimum atomic E-state index is -0.355. The third-order valence-electron chi connectivity index (χ3n) is 2.69. The monoisotopic (exact) mass is 312 g/mol. The molecule has 0 fully saturated rings. The zero-order valence-corrected chi connectivity index (χ0v) is 12.5. The van der Waals surface area contributed by atoms with Crippen LogP contribution >= 0.6 is 23.2 Å². The molecule has 1 aromatic carbocycles. The highest BCUT2D eigenvalue weighted by molar-refractivity contribution is 6.34. The van der Waals surface area contributed by atoms with Crippen molar-refractivity contribution in [3.05, 3.63) is 44.8 Å². The Balaban J connectivity index is 2.42. The van der Waals surface area contributed by atoms with E-state index in [0.29, 0.717) is 22.1 Å². The van der Waals surface area contributed by atoms with Gasteiger partial charge in [-0.15, -0.1) is 0 Å². The van der Waals surface area contributed by atoms with Crippen LogP contribution in [0.3, 0.4) is 0 Å². The fourth-order valence-electron chi connectivity index (χ4n) is 1.68. The van der Waals surface area contributed by atoms with Crippen LogP contribution in [0.5, 0.6) is 0 Å². The van der Waals surface area contributed by atoms with E-state index >= 15 is 0 Å². The molecule has 2 aromatic rings. The van der Waals surface area contributed by atoms with E-state index in [2.05, 4.69) is 10.4 Å². The molecule has 0 atom stereocenters. The maximum atomic E-state index is 12.0. The highest BCUT2D eigenvalue weighted by Crippen LogP contribution is 2.29. The largest absolute Gasteiger partial charge is 0.399 e. The normalized spacial score (nSPS) is 10.8. The standard InChI is InChI=1S/C13H14Cl2N4O/c1-7(2)19-13(20)12(15)11(6-17-19)18-10-5-8(16)3-4-9(10)14/h3-7,18H,16H2,1-2H3. The van der Waals surface area contributed by atoms with Crippen molar-refractivity contribution < 1.29 is 0 Å². The summed E-state index contributed by atoms with van der Waals surface area (Å²) in [4.78, 5) is 12.0. The number of benzene rings is 1. The molecular weight excluding hydrogens is 299 g/mol. The lowest BCUT2D eigenvalue weighted by atomic mass is 10.2. The number of nitrogens with zero attached hydrogens (tertiary/aromatic N) is 2. The average molecular weight is 313 g/mol. The number of rotatable bonds is 3. The van der Waals surface area contributed by atoms with E-state index in [9.17, 15) is 4.79 Å². The topological polar surface area (TPSA) is 72.9 Å². The van der Waals surface area contributed by atoms with E-state index < -0.39 is 0 Å². The quantitative estimate of drug-likeness (QED) is 0.851. The maximum Gasteiger partial charge on any atom is 0.287 e. The van der Waals surface area contributed by atoms with Crippen LogP contribution in [0.4, 0.5) is 17.1 Å². The zero-order chi connectivity index (χ0) is 14.9. The fourth-order valence-corrected chi connectivity index (χ4v) is 2.03. The molecule has 0 unspecified atom stereocenters. The number of hydrogen-bond donors (Lipinski definition) is 2. The lowest BCUT2D eigenvalue weighted by Gasteiger charge is -2.13. The van der Waals surface area contributed by atoms with Crippen LogP contribution in [-0.4, -0.2) is 9.78 Å². The Bertz CT molecular complexity index is 697. The van der Waals surface area contributed by atoms with E-state index in [1.54, 1.807) is 18.2 Å². The van der Waals surface area contributed by atoms with Crippen LogP contribution in [0, 0.1) is 0 Å². The van der Waals surface area contributed by atoms with Gasteiger partial charge in [0.05, 0.1) is 28.6 Å². The second-order valence-electron chi connectivity index (χ2n) is 4.58. The first-order chi connectivity index (χ1) is 9.40. The van der Waals surface area contributed by atoms with Gasteiger partial charge < -0.3 is 11.1 Å². The first-order valence-corrected chi connectivity index (χ1v) is 6.75. The molecular formula is C13H14Cl2N4O. The van der Waals surface area contributed by atoms with Crippen molar-refractivity contribution in [2.24, 2.45) is 0 Å². The molecule has 0 spiro atoms. The van der Waals surface area contributed by atoms with Crippen LogP contribution in [0.1, 0.15) is 19.9 Å². The number of aromatic nitrogens is 2. The SMILES string of the molecule is CC(C)n1ncc(Nc2cc(N)ccc2Cl)c(Cl)c1=O. The zero-order valence-electron chi connectivity index (χ0n) is 11.0. The summed E-state index contributed by atoms with van der Waals surface area (Å²) in [5.74, 6) is 0. The second-order valence-corrected chi connectivity index (χ2v) is 5.37. The van der Waals surface area contributed by atoms with E-state index in [1.807, 2.05) is 13.8 Å². The van der Waals surface area contributed by atoms with Crippen LogP contribution in [-0.2, 0) is 0 Å². The third-order valence-corrected chi connectivity index (χ3v) is 3.39. The number of nitrogens with two attached hydrogens (primary N) is 1. The summed E-state index contributed by atoms with van der Waals surface area (Å²) in [6, 6.07) is 4.94. The van der Waals surface area contributed by atoms with Gasteiger partial charge in [0.15, 0.2) is 0 Å². The van der Waals surface area contributed by atoms with Crippen LogP contribution < -0.4 is 16.6 Å². The van der Waals surface area contributed by atoms with E-state index in [1.165, 1.54) is 10.9 Å². The Morgan fingerprint density at radius 2 is 2.00 bits per heavy atom. The number of nitrogens with one attached hydrogen (secondary N) is 1. The predicted octanol–water partition coefficient (Wildman–Crippen LogP) is 3.46. The van der Waals surface area contributed by atoms with Crippen molar-refractivity contribution in [3.8, 4) is 0 Å². The highest BCUT2D eigenvalue weighted by Gasteiger charge is 2.12. The summed E-state index contributed by atoms with van der Waals surface area (Å²) in [5.41, 5.74) is 6.85. The Morgan fingerprint density at radius 1 is 1.30 bits per heavy atom. The fraction of sp³-hybridized carbons (Fsp3) is 0.231. The summed E-state index contributed by atoms with van der Waals surface area (Å²) >= 11 is 12.1. The number of halogens is 2. The van der Waals surface area contributed by atoms with Gasteiger partial charge in [0.2, 0.25) is 0 Å². The van der Waals surface area contributed by atoms with E-state index in [0.717, 1.165) is 0 Å². The third kappa shape index (κ3) is 2.89. The Kier molecular flexibility index (Phi) is 4.20. The molecule has 0 bridgehead atoms. The van der Waals surface area contributed by atoms with E-state index in [4.69, 9.17) is 28.9 Å². The molecule has 0 aliphatic carbocycles. The van der Waals surface area contributed by atoms with Crippen molar-refractivity contribution in [2.45, 2.75) is 19.9 Å². The van der Waals surface area contributed by atoms with Gasteiger partial charge in [-0.1, -0.05) is 23.2 Å². The number of hydrogen-bond acceptors (Lipinski definition) is 4. The Morgan fingerprint density at radius 3 is 2.65 bits per heavy atom. The van der Waals surface area contributed by atoms with Gasteiger partial charge in [0, 0.05) is 5.69 Å².